The van der Waals surface area contributed by atoms with Gasteiger partial charge in [-0.1, -0.05) is 12.2 Å². The molecule has 1 aliphatic carbocycles. The van der Waals surface area contributed by atoms with Crippen LogP contribution in [0.15, 0.2) is 30.5 Å². The van der Waals surface area contributed by atoms with E-state index < -0.39 is 0 Å². The molecule has 0 unspecified atom stereocenters. The molecule has 1 aromatic heterocycles. The molecule has 1 atom stereocenters. The van der Waals surface area contributed by atoms with Crippen LogP contribution in [0.3, 0.4) is 0 Å². The van der Waals surface area contributed by atoms with Crippen LogP contribution in [-0.2, 0) is 4.79 Å². The van der Waals surface area contributed by atoms with Crippen molar-refractivity contribution in [3.8, 4) is 0 Å². The third-order valence-corrected chi connectivity index (χ3v) is 4.86. The monoisotopic (exact) mass is 315 g/mol. The standard InChI is InChI=1S/C18H25N3O2/c22-13-14-8-11-21(12-9-14)17-16(7-4-10-19-17)20-18(23)15-5-2-1-3-6-15/h1-2,4,7,10,14-15,22H,3,5-6,8-9,11-13H2,(H,20,23)/t15-/m0/s1. The number of allylic oxidation sites excluding steroid dienone is 2. The highest BCUT2D eigenvalue weighted by Crippen LogP contribution is 2.29. The van der Waals surface area contributed by atoms with Gasteiger partial charge in [0.2, 0.25) is 5.91 Å². The Morgan fingerprint density at radius 3 is 2.83 bits per heavy atom. The van der Waals surface area contributed by atoms with Crippen LogP contribution in [0, 0.1) is 11.8 Å². The van der Waals surface area contributed by atoms with Crippen LogP contribution in [0.4, 0.5) is 11.5 Å². The molecule has 124 valence electrons. The molecule has 2 aliphatic rings. The van der Waals surface area contributed by atoms with Crippen LogP contribution in [0.2, 0.25) is 0 Å². The molecule has 2 heterocycles. The highest BCUT2D eigenvalue weighted by Gasteiger charge is 2.24. The average molecular weight is 315 g/mol. The molecule has 3 rings (SSSR count). The number of hydrogen-bond donors (Lipinski definition) is 2. The van der Waals surface area contributed by atoms with E-state index in [-0.39, 0.29) is 18.4 Å². The van der Waals surface area contributed by atoms with E-state index in [9.17, 15) is 9.90 Å². The third-order valence-electron chi connectivity index (χ3n) is 4.86. The van der Waals surface area contributed by atoms with E-state index in [0.29, 0.717) is 5.92 Å². The maximum Gasteiger partial charge on any atom is 0.227 e. The van der Waals surface area contributed by atoms with Gasteiger partial charge < -0.3 is 15.3 Å². The zero-order chi connectivity index (χ0) is 16.1. The number of aliphatic hydroxyl groups is 1. The van der Waals surface area contributed by atoms with E-state index in [1.54, 1.807) is 6.20 Å². The van der Waals surface area contributed by atoms with E-state index in [1.807, 2.05) is 12.1 Å². The lowest BCUT2D eigenvalue weighted by Gasteiger charge is -2.33. The summed E-state index contributed by atoms with van der Waals surface area (Å²) in [6.45, 7) is 2.00. The number of hydrogen-bond acceptors (Lipinski definition) is 4. The lowest BCUT2D eigenvalue weighted by atomic mass is 9.93. The molecule has 1 fully saturated rings. The predicted octanol–water partition coefficient (Wildman–Crippen LogP) is 2.59. The highest BCUT2D eigenvalue weighted by molar-refractivity contribution is 5.95. The first-order chi connectivity index (χ1) is 11.3. The van der Waals surface area contributed by atoms with Gasteiger partial charge in [0.1, 0.15) is 0 Å². The molecule has 2 N–H and O–H groups in total. The molecule has 0 radical (unpaired) electrons. The number of aliphatic hydroxyl groups excluding tert-OH is 1. The maximum atomic E-state index is 12.5. The van der Waals surface area contributed by atoms with Crippen molar-refractivity contribution in [2.45, 2.75) is 32.1 Å². The number of anilines is 2. The Hall–Kier alpha value is -1.88. The van der Waals surface area contributed by atoms with Gasteiger partial charge in [0.05, 0.1) is 5.69 Å². The van der Waals surface area contributed by atoms with Crippen molar-refractivity contribution in [2.75, 3.05) is 29.9 Å². The van der Waals surface area contributed by atoms with Gasteiger partial charge >= 0.3 is 0 Å². The zero-order valence-electron chi connectivity index (χ0n) is 13.4. The fraction of sp³-hybridized carbons (Fsp3) is 0.556. The van der Waals surface area contributed by atoms with E-state index in [1.165, 1.54) is 0 Å². The second-order valence-electron chi connectivity index (χ2n) is 6.46. The Morgan fingerprint density at radius 1 is 1.30 bits per heavy atom. The number of aromatic nitrogens is 1. The number of carbonyl (C=O) groups excluding carboxylic acids is 1. The number of nitrogens with one attached hydrogen (secondary N) is 1. The third kappa shape index (κ3) is 3.91. The molecule has 0 bridgehead atoms. The number of carbonyl (C=O) groups is 1. The largest absolute Gasteiger partial charge is 0.396 e. The topological polar surface area (TPSA) is 65.5 Å². The summed E-state index contributed by atoms with van der Waals surface area (Å²) in [7, 11) is 0. The quantitative estimate of drug-likeness (QED) is 0.838. The van der Waals surface area contributed by atoms with Crippen LogP contribution in [0.1, 0.15) is 32.1 Å². The summed E-state index contributed by atoms with van der Waals surface area (Å²) in [6.07, 6.45) is 10.7. The van der Waals surface area contributed by atoms with Gasteiger partial charge in [-0.3, -0.25) is 4.79 Å². The fourth-order valence-corrected chi connectivity index (χ4v) is 3.34. The van der Waals surface area contributed by atoms with Crippen molar-refractivity contribution < 1.29 is 9.90 Å². The van der Waals surface area contributed by atoms with Crippen LogP contribution < -0.4 is 10.2 Å². The predicted molar refractivity (Wildman–Crippen MR) is 91.4 cm³/mol. The molecule has 1 saturated heterocycles. The summed E-state index contributed by atoms with van der Waals surface area (Å²) >= 11 is 0. The number of nitrogens with zero attached hydrogens (tertiary/aromatic N) is 2. The van der Waals surface area contributed by atoms with Gasteiger partial charge in [0.15, 0.2) is 5.82 Å². The minimum absolute atomic E-state index is 0.0631. The van der Waals surface area contributed by atoms with Crippen LogP contribution in [0.5, 0.6) is 0 Å². The minimum Gasteiger partial charge on any atom is -0.396 e. The molecule has 5 heteroatoms. The normalized spacial score (nSPS) is 22.1. The molecular formula is C18H25N3O2. The molecule has 1 amide bonds. The van der Waals surface area contributed by atoms with E-state index in [4.69, 9.17) is 0 Å². The molecule has 5 nitrogen and oxygen atoms in total. The Labute approximate surface area is 137 Å². The summed E-state index contributed by atoms with van der Waals surface area (Å²) in [6, 6.07) is 3.79. The lowest BCUT2D eigenvalue weighted by Crippen LogP contribution is -2.36. The lowest BCUT2D eigenvalue weighted by molar-refractivity contribution is -0.120. The van der Waals surface area contributed by atoms with E-state index in [2.05, 4.69) is 27.4 Å². The summed E-state index contributed by atoms with van der Waals surface area (Å²) in [5, 5.41) is 12.3. The smallest absolute Gasteiger partial charge is 0.227 e. The molecule has 1 aliphatic heterocycles. The van der Waals surface area contributed by atoms with Gasteiger partial charge in [0.25, 0.3) is 0 Å². The molecule has 0 aromatic carbocycles. The summed E-state index contributed by atoms with van der Waals surface area (Å²) in [5.74, 6) is 1.40. The number of piperidine rings is 1. The molecular weight excluding hydrogens is 290 g/mol. The van der Waals surface area contributed by atoms with Crippen LogP contribution in [0.25, 0.3) is 0 Å². The molecule has 0 spiro atoms. The summed E-state index contributed by atoms with van der Waals surface area (Å²) in [4.78, 5) is 19.2. The van der Waals surface area contributed by atoms with Gasteiger partial charge in [-0.15, -0.1) is 0 Å². The molecule has 23 heavy (non-hydrogen) atoms. The number of rotatable bonds is 4. The average Bonchev–Trinajstić information content (AvgIpc) is 2.63. The van der Waals surface area contributed by atoms with Crippen molar-refractivity contribution >= 4 is 17.4 Å². The molecule has 0 saturated carbocycles. The Kier molecular flexibility index (Phi) is 5.28. The van der Waals surface area contributed by atoms with Gasteiger partial charge in [-0.2, -0.15) is 0 Å². The van der Waals surface area contributed by atoms with Crippen molar-refractivity contribution in [1.82, 2.24) is 4.98 Å². The first kappa shape index (κ1) is 16.0. The Morgan fingerprint density at radius 2 is 2.13 bits per heavy atom. The van der Waals surface area contributed by atoms with Gasteiger partial charge in [-0.25, -0.2) is 4.98 Å². The Bertz CT molecular complexity index is 565. The second kappa shape index (κ2) is 7.59. The van der Waals surface area contributed by atoms with Gasteiger partial charge in [-0.05, 0) is 50.2 Å². The van der Waals surface area contributed by atoms with Crippen molar-refractivity contribution in [1.29, 1.82) is 0 Å². The summed E-state index contributed by atoms with van der Waals surface area (Å²) < 4.78 is 0. The van der Waals surface area contributed by atoms with Crippen LogP contribution >= 0.6 is 0 Å². The molecule has 1 aromatic rings. The first-order valence-electron chi connectivity index (χ1n) is 8.54. The van der Waals surface area contributed by atoms with E-state index >= 15 is 0 Å². The minimum atomic E-state index is 0.0631. The first-order valence-corrected chi connectivity index (χ1v) is 8.54. The van der Waals surface area contributed by atoms with Gasteiger partial charge in [0, 0.05) is 31.8 Å². The van der Waals surface area contributed by atoms with Crippen molar-refractivity contribution in [2.24, 2.45) is 11.8 Å². The SMILES string of the molecule is O=C(Nc1cccnc1N1CCC(CO)CC1)[C@H]1CC=CCC1. The van der Waals surface area contributed by atoms with Crippen LogP contribution in [-0.4, -0.2) is 35.7 Å². The van der Waals surface area contributed by atoms with E-state index in [0.717, 1.165) is 56.7 Å². The van der Waals surface area contributed by atoms with Crippen molar-refractivity contribution in [3.63, 3.8) is 0 Å². The number of amides is 1. The zero-order valence-corrected chi connectivity index (χ0v) is 13.4. The second-order valence-corrected chi connectivity index (χ2v) is 6.46. The highest BCUT2D eigenvalue weighted by atomic mass is 16.3. The number of pyridine rings is 1. The van der Waals surface area contributed by atoms with Crippen molar-refractivity contribution in [3.05, 3.63) is 30.5 Å². The Balaban J connectivity index is 1.68. The maximum absolute atomic E-state index is 12.5. The fourth-order valence-electron chi connectivity index (χ4n) is 3.34. The summed E-state index contributed by atoms with van der Waals surface area (Å²) in [5.41, 5.74) is 0.800.